The zero-order chi connectivity index (χ0) is 7.15. The maximum atomic E-state index is 2.08. The zero-order valence-corrected chi connectivity index (χ0v) is 6.95. The van der Waals surface area contributed by atoms with Crippen LogP contribution in [0.15, 0.2) is 0 Å². The Bertz CT molecular complexity index is 19.9. The second-order valence-electron chi connectivity index (χ2n) is 2.84. The van der Waals surface area contributed by atoms with Gasteiger partial charge in [0.15, 0.2) is 0 Å². The Morgan fingerprint density at radius 1 is 0.875 bits per heavy atom. The van der Waals surface area contributed by atoms with Crippen LogP contribution in [0.25, 0.3) is 0 Å². The van der Waals surface area contributed by atoms with Crippen LogP contribution in [0.3, 0.4) is 0 Å². The van der Waals surface area contributed by atoms with Crippen molar-refractivity contribution in [2.24, 2.45) is 0 Å². The Balaban J connectivity index is 0. The molecule has 0 heterocycles. The van der Waals surface area contributed by atoms with E-state index in [0.29, 0.717) is 0 Å². The number of rotatable bonds is 0. The fourth-order valence-electron chi connectivity index (χ4n) is 0. The van der Waals surface area contributed by atoms with Gasteiger partial charge in [0.2, 0.25) is 0 Å². The molecule has 0 aliphatic heterocycles. The summed E-state index contributed by atoms with van der Waals surface area (Å²) in [5.41, 5.74) is 0. The van der Waals surface area contributed by atoms with Gasteiger partial charge in [-0.2, -0.15) is 0 Å². The van der Waals surface area contributed by atoms with E-state index in [1.165, 1.54) is 5.92 Å². The van der Waals surface area contributed by atoms with Crippen LogP contribution in [-0.2, 0) is 0 Å². The van der Waals surface area contributed by atoms with E-state index in [1.54, 1.807) is 0 Å². The van der Waals surface area contributed by atoms with E-state index in [-0.39, 0.29) is 0 Å². The SMILES string of the molecule is CN(C)C.C[C](C)C. The van der Waals surface area contributed by atoms with Gasteiger partial charge in [-0.15, -0.1) is 0 Å². The quantitative estimate of drug-likeness (QED) is 0.466. The average Bonchev–Trinajstić information content (AvgIpc) is 1.25. The molecule has 1 heteroatoms. The summed E-state index contributed by atoms with van der Waals surface area (Å²) in [5, 5.41) is 0. The summed E-state index contributed by atoms with van der Waals surface area (Å²) in [5.74, 6) is 1.42. The summed E-state index contributed by atoms with van der Waals surface area (Å²) in [4.78, 5) is 2.00. The van der Waals surface area contributed by atoms with Crippen molar-refractivity contribution >= 4 is 0 Å². The van der Waals surface area contributed by atoms with Gasteiger partial charge in [-0.25, -0.2) is 0 Å². The topological polar surface area (TPSA) is 3.24 Å². The second-order valence-corrected chi connectivity index (χ2v) is 2.84. The highest BCUT2D eigenvalue weighted by atomic mass is 15.0. The first-order valence-corrected chi connectivity index (χ1v) is 2.84. The van der Waals surface area contributed by atoms with Gasteiger partial charge in [0.1, 0.15) is 0 Å². The minimum Gasteiger partial charge on any atom is -0.312 e. The minimum absolute atomic E-state index is 1.42. The van der Waals surface area contributed by atoms with Crippen LogP contribution < -0.4 is 0 Å². The van der Waals surface area contributed by atoms with Crippen molar-refractivity contribution in [1.82, 2.24) is 4.90 Å². The van der Waals surface area contributed by atoms with Gasteiger partial charge in [-0.3, -0.25) is 0 Å². The fourth-order valence-corrected chi connectivity index (χ4v) is 0. The van der Waals surface area contributed by atoms with Crippen molar-refractivity contribution in [3.63, 3.8) is 0 Å². The van der Waals surface area contributed by atoms with Crippen molar-refractivity contribution < 1.29 is 0 Å². The molecule has 0 aromatic rings. The van der Waals surface area contributed by atoms with E-state index in [2.05, 4.69) is 20.8 Å². The maximum absolute atomic E-state index is 2.08. The lowest BCUT2D eigenvalue weighted by Crippen LogP contribution is -1.99. The lowest BCUT2D eigenvalue weighted by atomic mass is 10.3. The molecule has 0 fully saturated rings. The number of hydrogen-bond donors (Lipinski definition) is 0. The van der Waals surface area contributed by atoms with Crippen LogP contribution in [0.2, 0.25) is 0 Å². The molecule has 1 radical (unpaired) electrons. The largest absolute Gasteiger partial charge is 0.312 e. The summed E-state index contributed by atoms with van der Waals surface area (Å²) in [6, 6.07) is 0. The van der Waals surface area contributed by atoms with Crippen LogP contribution in [0, 0.1) is 5.92 Å². The van der Waals surface area contributed by atoms with Crippen molar-refractivity contribution in [1.29, 1.82) is 0 Å². The highest BCUT2D eigenvalue weighted by Gasteiger charge is 1.69. The third-order valence-electron chi connectivity index (χ3n) is 0. The number of nitrogens with zero attached hydrogens (tertiary/aromatic N) is 1. The fraction of sp³-hybridized carbons (Fsp3) is 0.857. The Hall–Kier alpha value is -0.0400. The van der Waals surface area contributed by atoms with E-state index >= 15 is 0 Å². The maximum Gasteiger partial charge on any atom is -0.0140 e. The Labute approximate surface area is 53.7 Å². The van der Waals surface area contributed by atoms with Crippen molar-refractivity contribution in [3.05, 3.63) is 5.92 Å². The van der Waals surface area contributed by atoms with Crippen molar-refractivity contribution in [2.45, 2.75) is 20.8 Å². The van der Waals surface area contributed by atoms with Gasteiger partial charge in [0.05, 0.1) is 0 Å². The predicted molar refractivity (Wildman–Crippen MR) is 39.9 cm³/mol. The molecule has 0 aromatic heterocycles. The third-order valence-corrected chi connectivity index (χ3v) is 0. The molecule has 0 atom stereocenters. The molecule has 0 spiro atoms. The molecule has 0 unspecified atom stereocenters. The van der Waals surface area contributed by atoms with Gasteiger partial charge in [-0.1, -0.05) is 20.8 Å². The monoisotopic (exact) mass is 116 g/mol. The first kappa shape index (κ1) is 10.9. The minimum atomic E-state index is 1.42. The second kappa shape index (κ2) is 6.96. The van der Waals surface area contributed by atoms with Gasteiger partial charge < -0.3 is 4.90 Å². The van der Waals surface area contributed by atoms with E-state index in [0.717, 1.165) is 0 Å². The van der Waals surface area contributed by atoms with E-state index in [1.807, 2.05) is 26.0 Å². The highest BCUT2D eigenvalue weighted by Crippen LogP contribution is 1.85. The van der Waals surface area contributed by atoms with E-state index in [9.17, 15) is 0 Å². The molecular weight excluding hydrogens is 98.1 g/mol. The summed E-state index contributed by atoms with van der Waals surface area (Å²) < 4.78 is 0. The van der Waals surface area contributed by atoms with Crippen LogP contribution in [0.4, 0.5) is 0 Å². The molecule has 0 amide bonds. The van der Waals surface area contributed by atoms with Gasteiger partial charge >= 0.3 is 0 Å². The molecule has 0 N–H and O–H groups in total. The summed E-state index contributed by atoms with van der Waals surface area (Å²) in [6.07, 6.45) is 0. The zero-order valence-electron chi connectivity index (χ0n) is 6.95. The van der Waals surface area contributed by atoms with Crippen molar-refractivity contribution in [3.8, 4) is 0 Å². The molecule has 8 heavy (non-hydrogen) atoms. The first-order valence-electron chi connectivity index (χ1n) is 2.84. The molecule has 1 nitrogen and oxygen atoms in total. The lowest BCUT2D eigenvalue weighted by Gasteiger charge is -1.90. The average molecular weight is 116 g/mol. The van der Waals surface area contributed by atoms with E-state index in [4.69, 9.17) is 0 Å². The van der Waals surface area contributed by atoms with Crippen LogP contribution in [0.1, 0.15) is 20.8 Å². The predicted octanol–water partition coefficient (Wildman–Crippen LogP) is 1.80. The summed E-state index contributed by atoms with van der Waals surface area (Å²) in [6.45, 7) is 6.25. The molecule has 0 aliphatic carbocycles. The van der Waals surface area contributed by atoms with Crippen LogP contribution >= 0.6 is 0 Å². The molecule has 0 rings (SSSR count). The van der Waals surface area contributed by atoms with Crippen molar-refractivity contribution in [2.75, 3.05) is 21.1 Å². The molecule has 0 aromatic carbocycles. The lowest BCUT2D eigenvalue weighted by molar-refractivity contribution is 0.505. The summed E-state index contributed by atoms with van der Waals surface area (Å²) >= 11 is 0. The van der Waals surface area contributed by atoms with E-state index < -0.39 is 0 Å². The molecule has 51 valence electrons. The third kappa shape index (κ3) is 91600. The summed E-state index contributed by atoms with van der Waals surface area (Å²) in [7, 11) is 6.00. The Kier molecular flexibility index (Phi) is 9.44. The Morgan fingerprint density at radius 3 is 0.875 bits per heavy atom. The molecule has 0 aliphatic rings. The van der Waals surface area contributed by atoms with Gasteiger partial charge in [0.25, 0.3) is 0 Å². The normalized spacial score (nSPS) is 9.00. The Morgan fingerprint density at radius 2 is 0.875 bits per heavy atom. The van der Waals surface area contributed by atoms with Crippen LogP contribution in [-0.4, -0.2) is 26.0 Å². The van der Waals surface area contributed by atoms with Gasteiger partial charge in [-0.05, 0) is 27.1 Å². The molecule has 0 bridgehead atoms. The molecule has 0 saturated carbocycles. The van der Waals surface area contributed by atoms with Gasteiger partial charge in [0, 0.05) is 0 Å². The smallest absolute Gasteiger partial charge is 0.0140 e. The molecule has 0 saturated heterocycles. The number of hydrogen-bond acceptors (Lipinski definition) is 1. The highest BCUT2D eigenvalue weighted by molar-refractivity contribution is 4.64. The molecular formula is C7H18N. The first-order chi connectivity index (χ1) is 3.46. The standard InChI is InChI=1S/C4H9.C3H9N/c2*1-4(2)3/h2*1-3H3. The van der Waals surface area contributed by atoms with Crippen LogP contribution in [0.5, 0.6) is 0 Å².